The molecular formula is C16H15Br2ClO2. The van der Waals surface area contributed by atoms with Crippen molar-refractivity contribution in [1.82, 2.24) is 0 Å². The minimum absolute atomic E-state index is 0.361. The van der Waals surface area contributed by atoms with Crippen molar-refractivity contribution >= 4 is 43.5 Å². The van der Waals surface area contributed by atoms with Crippen LogP contribution in [0.5, 0.6) is 11.5 Å². The molecule has 0 fully saturated rings. The van der Waals surface area contributed by atoms with E-state index in [-0.39, 0.29) is 5.38 Å². The molecule has 0 bridgehead atoms. The van der Waals surface area contributed by atoms with E-state index in [0.717, 1.165) is 37.1 Å². The summed E-state index contributed by atoms with van der Waals surface area (Å²) in [5.74, 6) is 1.50. The fraction of sp³-hybridized carbons (Fsp3) is 0.250. The van der Waals surface area contributed by atoms with E-state index in [9.17, 15) is 0 Å². The number of methoxy groups -OCH3 is 2. The second kappa shape index (κ2) is 7.03. The lowest BCUT2D eigenvalue weighted by molar-refractivity contribution is 0.404. The third-order valence-electron chi connectivity index (χ3n) is 3.25. The van der Waals surface area contributed by atoms with Crippen molar-refractivity contribution in [3.8, 4) is 11.5 Å². The van der Waals surface area contributed by atoms with Crippen LogP contribution in [0, 0.1) is 6.92 Å². The summed E-state index contributed by atoms with van der Waals surface area (Å²) in [6.07, 6.45) is 0. The van der Waals surface area contributed by atoms with Gasteiger partial charge in [0.1, 0.15) is 11.5 Å². The Labute approximate surface area is 146 Å². The molecule has 1 atom stereocenters. The zero-order valence-electron chi connectivity index (χ0n) is 11.9. The van der Waals surface area contributed by atoms with Gasteiger partial charge in [0.25, 0.3) is 0 Å². The minimum Gasteiger partial charge on any atom is -0.496 e. The molecule has 0 aliphatic carbocycles. The van der Waals surface area contributed by atoms with Gasteiger partial charge in [0.2, 0.25) is 0 Å². The van der Waals surface area contributed by atoms with Crippen molar-refractivity contribution in [1.29, 1.82) is 0 Å². The summed E-state index contributed by atoms with van der Waals surface area (Å²) in [6.45, 7) is 2.01. The van der Waals surface area contributed by atoms with Gasteiger partial charge in [-0.3, -0.25) is 0 Å². The van der Waals surface area contributed by atoms with Crippen LogP contribution in [-0.2, 0) is 0 Å². The van der Waals surface area contributed by atoms with Crippen LogP contribution in [0.15, 0.2) is 39.3 Å². The molecule has 0 N–H and O–H groups in total. The molecule has 2 nitrogen and oxygen atoms in total. The zero-order valence-corrected chi connectivity index (χ0v) is 15.8. The van der Waals surface area contributed by atoms with Crippen LogP contribution in [0.4, 0.5) is 0 Å². The topological polar surface area (TPSA) is 18.5 Å². The van der Waals surface area contributed by atoms with Crippen LogP contribution < -0.4 is 9.47 Å². The lowest BCUT2D eigenvalue weighted by Crippen LogP contribution is -2.01. The summed E-state index contributed by atoms with van der Waals surface area (Å²) in [4.78, 5) is 0. The Balaban J connectivity index is 2.54. The molecule has 0 heterocycles. The molecule has 0 spiro atoms. The standard InChI is InChI=1S/C16H15Br2ClO2/c1-9-6-14(20-2)12(8-13(9)18)16(19)11-5-4-10(17)7-15(11)21-3/h4-8,16H,1-3H3. The Bertz CT molecular complexity index is 659. The van der Waals surface area contributed by atoms with Crippen molar-refractivity contribution in [2.75, 3.05) is 14.2 Å². The van der Waals surface area contributed by atoms with Crippen molar-refractivity contribution < 1.29 is 9.47 Å². The highest BCUT2D eigenvalue weighted by atomic mass is 79.9. The maximum absolute atomic E-state index is 6.68. The van der Waals surface area contributed by atoms with Crippen LogP contribution in [0.25, 0.3) is 0 Å². The Hall–Kier alpha value is -0.710. The fourth-order valence-electron chi connectivity index (χ4n) is 2.11. The second-order valence-electron chi connectivity index (χ2n) is 4.59. The summed E-state index contributed by atoms with van der Waals surface area (Å²) in [5.41, 5.74) is 2.90. The number of aryl methyl sites for hydroxylation is 1. The molecular weight excluding hydrogens is 419 g/mol. The highest BCUT2D eigenvalue weighted by Crippen LogP contribution is 2.41. The Morgan fingerprint density at radius 2 is 1.57 bits per heavy atom. The molecule has 0 aliphatic rings. The average Bonchev–Trinajstić information content (AvgIpc) is 2.48. The predicted molar refractivity (Wildman–Crippen MR) is 93.8 cm³/mol. The fourth-order valence-corrected chi connectivity index (χ4v) is 3.16. The quantitative estimate of drug-likeness (QED) is 0.561. The van der Waals surface area contributed by atoms with Crippen LogP contribution in [-0.4, -0.2) is 14.2 Å². The zero-order chi connectivity index (χ0) is 15.6. The monoisotopic (exact) mass is 432 g/mol. The van der Waals surface area contributed by atoms with Gasteiger partial charge in [0, 0.05) is 20.1 Å². The van der Waals surface area contributed by atoms with E-state index in [1.807, 2.05) is 37.3 Å². The van der Waals surface area contributed by atoms with Gasteiger partial charge in [-0.1, -0.05) is 37.9 Å². The van der Waals surface area contributed by atoms with E-state index in [0.29, 0.717) is 0 Å². The van der Waals surface area contributed by atoms with Gasteiger partial charge >= 0.3 is 0 Å². The molecule has 2 rings (SSSR count). The van der Waals surface area contributed by atoms with E-state index >= 15 is 0 Å². The van der Waals surface area contributed by atoms with Crippen LogP contribution in [0.3, 0.4) is 0 Å². The maximum Gasteiger partial charge on any atom is 0.125 e. The van der Waals surface area contributed by atoms with Crippen molar-refractivity contribution in [3.63, 3.8) is 0 Å². The predicted octanol–water partition coefficient (Wildman–Crippen LogP) is 5.87. The SMILES string of the molecule is COc1cc(Br)ccc1C(Cl)c1cc(Br)c(C)cc1OC. The summed E-state index contributed by atoms with van der Waals surface area (Å²) >= 11 is 13.7. The highest BCUT2D eigenvalue weighted by molar-refractivity contribution is 9.10. The van der Waals surface area contributed by atoms with E-state index in [4.69, 9.17) is 21.1 Å². The molecule has 0 saturated carbocycles. The van der Waals surface area contributed by atoms with Crippen LogP contribution in [0.2, 0.25) is 0 Å². The maximum atomic E-state index is 6.68. The molecule has 112 valence electrons. The molecule has 0 saturated heterocycles. The van der Waals surface area contributed by atoms with E-state index in [1.165, 1.54) is 0 Å². The normalized spacial score (nSPS) is 12.1. The molecule has 0 aliphatic heterocycles. The molecule has 0 aromatic heterocycles. The summed E-state index contributed by atoms with van der Waals surface area (Å²) in [6, 6.07) is 9.77. The number of benzene rings is 2. The van der Waals surface area contributed by atoms with Crippen LogP contribution >= 0.6 is 43.5 Å². The third-order valence-corrected chi connectivity index (χ3v) is 5.07. The molecule has 21 heavy (non-hydrogen) atoms. The first-order valence-electron chi connectivity index (χ1n) is 6.29. The van der Waals surface area contributed by atoms with E-state index in [2.05, 4.69) is 31.9 Å². The number of halogens is 3. The first-order chi connectivity index (χ1) is 9.97. The second-order valence-corrected chi connectivity index (χ2v) is 6.80. The minimum atomic E-state index is -0.361. The smallest absolute Gasteiger partial charge is 0.125 e. The van der Waals surface area contributed by atoms with E-state index in [1.54, 1.807) is 14.2 Å². The van der Waals surface area contributed by atoms with Gasteiger partial charge in [-0.05, 0) is 36.8 Å². The van der Waals surface area contributed by atoms with Gasteiger partial charge < -0.3 is 9.47 Å². The number of alkyl halides is 1. The van der Waals surface area contributed by atoms with Gasteiger partial charge in [-0.2, -0.15) is 0 Å². The molecule has 2 aromatic rings. The van der Waals surface area contributed by atoms with Gasteiger partial charge in [-0.25, -0.2) is 0 Å². The number of rotatable bonds is 4. The lowest BCUT2D eigenvalue weighted by Gasteiger charge is -2.18. The summed E-state index contributed by atoms with van der Waals surface area (Å²) < 4.78 is 12.8. The highest BCUT2D eigenvalue weighted by Gasteiger charge is 2.20. The van der Waals surface area contributed by atoms with Crippen LogP contribution in [0.1, 0.15) is 22.1 Å². The lowest BCUT2D eigenvalue weighted by atomic mass is 10.0. The number of hydrogen-bond acceptors (Lipinski definition) is 2. The summed E-state index contributed by atoms with van der Waals surface area (Å²) in [5, 5.41) is -0.361. The molecule has 0 amide bonds. The average molecular weight is 435 g/mol. The van der Waals surface area contributed by atoms with Crippen molar-refractivity contribution in [3.05, 3.63) is 56.0 Å². The number of hydrogen-bond donors (Lipinski definition) is 0. The molecule has 2 aromatic carbocycles. The number of ether oxygens (including phenoxy) is 2. The van der Waals surface area contributed by atoms with Gasteiger partial charge in [-0.15, -0.1) is 11.6 Å². The van der Waals surface area contributed by atoms with Crippen molar-refractivity contribution in [2.45, 2.75) is 12.3 Å². The summed E-state index contributed by atoms with van der Waals surface area (Å²) in [7, 11) is 3.28. The molecule has 1 unspecified atom stereocenters. The third kappa shape index (κ3) is 3.55. The van der Waals surface area contributed by atoms with Gasteiger partial charge in [0.15, 0.2) is 0 Å². The van der Waals surface area contributed by atoms with E-state index < -0.39 is 0 Å². The first kappa shape index (κ1) is 16.7. The Kier molecular flexibility index (Phi) is 5.58. The Morgan fingerprint density at radius 3 is 2.19 bits per heavy atom. The Morgan fingerprint density at radius 1 is 0.952 bits per heavy atom. The molecule has 5 heteroatoms. The van der Waals surface area contributed by atoms with Crippen molar-refractivity contribution in [2.24, 2.45) is 0 Å². The molecule has 0 radical (unpaired) electrons. The first-order valence-corrected chi connectivity index (χ1v) is 8.31. The van der Waals surface area contributed by atoms with Gasteiger partial charge in [0.05, 0.1) is 19.6 Å². The largest absolute Gasteiger partial charge is 0.496 e.